The van der Waals surface area contributed by atoms with Crippen molar-refractivity contribution < 1.29 is 29.3 Å². The van der Waals surface area contributed by atoms with E-state index in [0.29, 0.717) is 12.3 Å². The van der Waals surface area contributed by atoms with Gasteiger partial charge in [0.05, 0.1) is 11.7 Å². The highest BCUT2D eigenvalue weighted by molar-refractivity contribution is 5.85. The predicted octanol–water partition coefficient (Wildman–Crippen LogP) is 3.15. The number of fused-ring (bicyclic) bond motifs is 5. The average Bonchev–Trinajstić information content (AvgIpc) is 3.24. The molecule has 0 aromatic rings. The summed E-state index contributed by atoms with van der Waals surface area (Å²) in [5, 5.41) is 22.7. The van der Waals surface area contributed by atoms with Crippen molar-refractivity contribution in [3.63, 3.8) is 0 Å². The Kier molecular flexibility index (Phi) is 4.88. The van der Waals surface area contributed by atoms with E-state index in [4.69, 9.17) is 9.47 Å². The van der Waals surface area contributed by atoms with Gasteiger partial charge in [-0.3, -0.25) is 4.79 Å². The Balaban J connectivity index is 1.56. The summed E-state index contributed by atoms with van der Waals surface area (Å²) in [4.78, 5) is 24.0. The summed E-state index contributed by atoms with van der Waals surface area (Å²) in [6, 6.07) is 0. The highest BCUT2D eigenvalue weighted by Gasteiger charge is 2.71. The predicted molar refractivity (Wildman–Crippen MR) is 113 cm³/mol. The van der Waals surface area contributed by atoms with Gasteiger partial charge >= 0.3 is 11.9 Å². The number of hydrogen-bond acceptors (Lipinski definition) is 6. The molecule has 0 radical (unpaired) electrons. The lowest BCUT2D eigenvalue weighted by atomic mass is 9.42. The minimum absolute atomic E-state index is 0.0343. The highest BCUT2D eigenvalue weighted by atomic mass is 16.5. The van der Waals surface area contributed by atoms with E-state index in [1.165, 1.54) is 6.92 Å². The van der Waals surface area contributed by atoms with Crippen LogP contribution in [0.25, 0.3) is 0 Å². The molecule has 1 aliphatic heterocycles. The molecule has 31 heavy (non-hydrogen) atoms. The van der Waals surface area contributed by atoms with E-state index in [0.717, 1.165) is 50.5 Å². The minimum Gasteiger partial charge on any atom is -0.462 e. The van der Waals surface area contributed by atoms with Gasteiger partial charge in [0.25, 0.3) is 0 Å². The maximum Gasteiger partial charge on any atom is 0.331 e. The topological polar surface area (TPSA) is 93.1 Å². The highest BCUT2D eigenvalue weighted by Crippen LogP contribution is 2.70. The third-order valence-electron chi connectivity index (χ3n) is 10.3. The summed E-state index contributed by atoms with van der Waals surface area (Å²) in [6.07, 6.45) is 7.69. The first-order valence-corrected chi connectivity index (χ1v) is 12.0. The molecule has 0 amide bonds. The van der Waals surface area contributed by atoms with E-state index in [9.17, 15) is 19.8 Å². The van der Waals surface area contributed by atoms with Crippen LogP contribution in [-0.4, -0.2) is 46.6 Å². The number of carbonyl (C=O) groups excluding carboxylic acids is 2. The van der Waals surface area contributed by atoms with Crippen molar-refractivity contribution in [3.05, 3.63) is 11.6 Å². The fourth-order valence-electron chi connectivity index (χ4n) is 8.71. The molecule has 1 heterocycles. The molecule has 4 aliphatic carbocycles. The molecule has 9 atom stereocenters. The first-order valence-electron chi connectivity index (χ1n) is 12.0. The van der Waals surface area contributed by atoms with E-state index >= 15 is 0 Å². The molecule has 5 rings (SSSR count). The van der Waals surface area contributed by atoms with Gasteiger partial charge in [-0.15, -0.1) is 0 Å². The summed E-state index contributed by atoms with van der Waals surface area (Å²) in [6.45, 7) is 6.14. The lowest BCUT2D eigenvalue weighted by molar-refractivity contribution is -0.250. The SMILES string of the molecule is CC(=O)OC1C[C@H]2[C@@H](CC[C@@H]3C[C@@H](O)CCC32C)[C@@]2(O)CC[C@H](C3=CC(=O)OC3)[C@@]12C. The molecule has 0 aromatic heterocycles. The Morgan fingerprint density at radius 1 is 1.13 bits per heavy atom. The van der Waals surface area contributed by atoms with Crippen molar-refractivity contribution in [2.24, 2.45) is 34.5 Å². The fourth-order valence-corrected chi connectivity index (χ4v) is 8.71. The molecule has 0 aromatic carbocycles. The number of esters is 2. The second-order valence-electron chi connectivity index (χ2n) is 11.4. The van der Waals surface area contributed by atoms with Gasteiger partial charge in [-0.25, -0.2) is 4.79 Å². The van der Waals surface area contributed by atoms with Crippen LogP contribution in [0.5, 0.6) is 0 Å². The molecule has 172 valence electrons. The van der Waals surface area contributed by atoms with Gasteiger partial charge < -0.3 is 19.7 Å². The minimum atomic E-state index is -0.947. The summed E-state index contributed by atoms with van der Waals surface area (Å²) < 4.78 is 11.2. The van der Waals surface area contributed by atoms with E-state index in [1.54, 1.807) is 6.08 Å². The van der Waals surface area contributed by atoms with Crippen molar-refractivity contribution in [1.29, 1.82) is 0 Å². The molecule has 4 fully saturated rings. The largest absolute Gasteiger partial charge is 0.462 e. The molecule has 6 heteroatoms. The van der Waals surface area contributed by atoms with Crippen LogP contribution < -0.4 is 0 Å². The van der Waals surface area contributed by atoms with E-state index in [-0.39, 0.29) is 47.8 Å². The first-order chi connectivity index (χ1) is 14.6. The Morgan fingerprint density at radius 3 is 2.58 bits per heavy atom. The zero-order valence-corrected chi connectivity index (χ0v) is 18.9. The summed E-state index contributed by atoms with van der Waals surface area (Å²) in [5.74, 6) is 0.180. The number of rotatable bonds is 2. The normalized spacial score (nSPS) is 51.3. The van der Waals surface area contributed by atoms with Gasteiger partial charge in [-0.05, 0) is 86.0 Å². The van der Waals surface area contributed by atoms with Gasteiger partial charge in [0.2, 0.25) is 0 Å². The number of carbonyl (C=O) groups is 2. The number of aliphatic hydroxyl groups excluding tert-OH is 1. The van der Waals surface area contributed by atoms with Crippen molar-refractivity contribution in [1.82, 2.24) is 0 Å². The Labute approximate surface area is 184 Å². The monoisotopic (exact) mass is 432 g/mol. The molecule has 5 aliphatic rings. The van der Waals surface area contributed by atoms with Crippen LogP contribution in [0.3, 0.4) is 0 Å². The number of aliphatic hydroxyl groups is 2. The lowest BCUT2D eigenvalue weighted by Crippen LogP contribution is -2.67. The zero-order valence-electron chi connectivity index (χ0n) is 18.9. The van der Waals surface area contributed by atoms with E-state index < -0.39 is 17.1 Å². The van der Waals surface area contributed by atoms with Crippen LogP contribution in [0.4, 0.5) is 0 Å². The number of cyclic esters (lactones) is 1. The lowest BCUT2D eigenvalue weighted by Gasteiger charge is -2.65. The Bertz CT molecular complexity index is 821. The second-order valence-corrected chi connectivity index (χ2v) is 11.4. The first kappa shape index (κ1) is 21.4. The van der Waals surface area contributed by atoms with Crippen LogP contribution >= 0.6 is 0 Å². The zero-order chi connectivity index (χ0) is 22.2. The number of ether oxygens (including phenoxy) is 2. The van der Waals surface area contributed by atoms with Crippen LogP contribution in [-0.2, 0) is 19.1 Å². The smallest absolute Gasteiger partial charge is 0.331 e. The van der Waals surface area contributed by atoms with E-state index in [2.05, 4.69) is 13.8 Å². The summed E-state index contributed by atoms with van der Waals surface area (Å²) in [7, 11) is 0. The molecular formula is C25H36O6. The quantitative estimate of drug-likeness (QED) is 0.651. The third kappa shape index (κ3) is 2.90. The number of hydrogen-bond donors (Lipinski definition) is 2. The molecule has 2 N–H and O–H groups in total. The maximum atomic E-state index is 12.4. The van der Waals surface area contributed by atoms with Gasteiger partial charge in [-0.1, -0.05) is 13.8 Å². The molecule has 0 bridgehead atoms. The van der Waals surface area contributed by atoms with Crippen LogP contribution in [0, 0.1) is 34.5 Å². The molecular weight excluding hydrogens is 396 g/mol. The van der Waals surface area contributed by atoms with Crippen LogP contribution in [0.15, 0.2) is 11.6 Å². The second kappa shape index (κ2) is 7.05. The van der Waals surface area contributed by atoms with Crippen molar-refractivity contribution in [2.75, 3.05) is 6.61 Å². The molecule has 4 saturated carbocycles. The van der Waals surface area contributed by atoms with Crippen molar-refractivity contribution in [3.8, 4) is 0 Å². The Morgan fingerprint density at radius 2 is 1.90 bits per heavy atom. The summed E-state index contributed by atoms with van der Waals surface area (Å²) >= 11 is 0. The van der Waals surface area contributed by atoms with Gasteiger partial charge in [-0.2, -0.15) is 0 Å². The van der Waals surface area contributed by atoms with E-state index in [1.807, 2.05) is 0 Å². The maximum absolute atomic E-state index is 12.4. The van der Waals surface area contributed by atoms with Gasteiger partial charge in [0.1, 0.15) is 12.7 Å². The Hall–Kier alpha value is -1.40. The average molecular weight is 433 g/mol. The molecule has 6 nitrogen and oxygen atoms in total. The standard InChI is InChI=1S/C25H36O6/c1-14(26)31-21-12-20-19(5-4-16-11-17(27)6-8-23(16,20)2)25(29)9-7-18(24(21,25)3)15-10-22(28)30-13-15/h10,16-21,27,29H,4-9,11-13H2,1-3H3/t16-,17+,18-,19-,20+,21?,23?,24+,25+/m1/s1. The van der Waals surface area contributed by atoms with Gasteiger partial charge in [0, 0.05) is 18.4 Å². The molecule has 0 saturated heterocycles. The van der Waals surface area contributed by atoms with Crippen LogP contribution in [0.2, 0.25) is 0 Å². The summed E-state index contributed by atoms with van der Waals surface area (Å²) in [5.41, 5.74) is -0.616. The molecule has 2 unspecified atom stereocenters. The third-order valence-corrected chi connectivity index (χ3v) is 10.3. The fraction of sp³-hybridized carbons (Fsp3) is 0.840. The molecule has 0 spiro atoms. The van der Waals surface area contributed by atoms with Gasteiger partial charge in [0.15, 0.2) is 0 Å². The van der Waals surface area contributed by atoms with Crippen molar-refractivity contribution >= 4 is 11.9 Å². The van der Waals surface area contributed by atoms with Crippen LogP contribution in [0.1, 0.15) is 72.1 Å². The van der Waals surface area contributed by atoms with Crippen molar-refractivity contribution in [2.45, 2.75) is 89.9 Å².